The Kier molecular flexibility index (Phi) is 7.90. The highest BCUT2D eigenvalue weighted by Gasteiger charge is 2.22. The van der Waals surface area contributed by atoms with Crippen LogP contribution in [0.1, 0.15) is 39.0 Å². The topological polar surface area (TPSA) is 38.3 Å². The van der Waals surface area contributed by atoms with E-state index in [1.165, 1.54) is 6.42 Å². The average Bonchev–Trinajstić information content (AvgIpc) is 2.65. The fraction of sp³-hybridized carbons (Fsp3) is 0.900. The van der Waals surface area contributed by atoms with Gasteiger partial charge in [0.05, 0.1) is 6.61 Å². The Morgan fingerprint density at radius 2 is 2.29 bits per heavy atom. The van der Waals surface area contributed by atoms with Crippen LogP contribution in [0.3, 0.4) is 0 Å². The van der Waals surface area contributed by atoms with Gasteiger partial charge in [0, 0.05) is 0 Å². The Morgan fingerprint density at radius 1 is 1.50 bits per heavy atom. The second-order valence-corrected chi connectivity index (χ2v) is 3.52. The molecule has 0 spiro atoms. The number of unbranched alkanes of at least 4 members (excludes halogenated alkanes) is 2. The molecule has 1 N–H and O–H groups in total. The standard InChI is InChI=1S/C10H19NO2.ClH/c1-2-3-4-8-13-10(12)9-6-5-7-11-9;/h9,11H,2-8H2,1H3;1H/t9-;/m0./s1. The van der Waals surface area contributed by atoms with Crippen molar-refractivity contribution in [2.24, 2.45) is 0 Å². The van der Waals surface area contributed by atoms with Crippen molar-refractivity contribution in [3.8, 4) is 0 Å². The fourth-order valence-corrected chi connectivity index (χ4v) is 1.51. The Morgan fingerprint density at radius 3 is 2.86 bits per heavy atom. The summed E-state index contributed by atoms with van der Waals surface area (Å²) >= 11 is 0. The van der Waals surface area contributed by atoms with Gasteiger partial charge >= 0.3 is 5.97 Å². The zero-order valence-corrected chi connectivity index (χ0v) is 9.57. The first kappa shape index (κ1) is 13.7. The predicted molar refractivity (Wildman–Crippen MR) is 58.8 cm³/mol. The molecule has 0 unspecified atom stereocenters. The van der Waals surface area contributed by atoms with E-state index in [0.29, 0.717) is 6.61 Å². The first-order valence-corrected chi connectivity index (χ1v) is 5.24. The van der Waals surface area contributed by atoms with Gasteiger partial charge in [0.2, 0.25) is 0 Å². The van der Waals surface area contributed by atoms with Crippen LogP contribution >= 0.6 is 12.4 Å². The summed E-state index contributed by atoms with van der Waals surface area (Å²) in [5.74, 6) is -0.0615. The van der Waals surface area contributed by atoms with E-state index in [9.17, 15) is 4.79 Å². The molecule has 1 rings (SSSR count). The largest absolute Gasteiger partial charge is 0.465 e. The monoisotopic (exact) mass is 221 g/mol. The quantitative estimate of drug-likeness (QED) is 0.569. The SMILES string of the molecule is CCCCCOC(=O)[C@@H]1CCCN1.Cl. The fourth-order valence-electron chi connectivity index (χ4n) is 1.51. The number of ether oxygens (including phenoxy) is 1. The Labute approximate surface area is 92.0 Å². The summed E-state index contributed by atoms with van der Waals surface area (Å²) < 4.78 is 5.13. The van der Waals surface area contributed by atoms with Crippen LogP contribution in [-0.4, -0.2) is 25.2 Å². The highest BCUT2D eigenvalue weighted by atomic mass is 35.5. The molecule has 3 nitrogen and oxygen atoms in total. The molecule has 0 aromatic carbocycles. The molecule has 1 fully saturated rings. The molecule has 0 saturated carbocycles. The molecule has 4 heteroatoms. The van der Waals surface area contributed by atoms with Gasteiger partial charge in [-0.15, -0.1) is 12.4 Å². The van der Waals surface area contributed by atoms with Crippen LogP contribution in [0.15, 0.2) is 0 Å². The van der Waals surface area contributed by atoms with E-state index in [2.05, 4.69) is 12.2 Å². The summed E-state index contributed by atoms with van der Waals surface area (Å²) in [6, 6.07) is -0.0263. The third kappa shape index (κ3) is 4.82. The second-order valence-electron chi connectivity index (χ2n) is 3.52. The molecule has 84 valence electrons. The molecule has 1 atom stereocenters. The van der Waals surface area contributed by atoms with Crippen LogP contribution < -0.4 is 5.32 Å². The molecule has 1 aliphatic heterocycles. The van der Waals surface area contributed by atoms with Crippen LogP contribution in [0.5, 0.6) is 0 Å². The summed E-state index contributed by atoms with van der Waals surface area (Å²) in [6.07, 6.45) is 5.33. The third-order valence-electron chi connectivity index (χ3n) is 2.34. The third-order valence-corrected chi connectivity index (χ3v) is 2.34. The molecule has 0 bridgehead atoms. The first-order chi connectivity index (χ1) is 6.34. The molecule has 1 aliphatic rings. The first-order valence-electron chi connectivity index (χ1n) is 5.24. The van der Waals surface area contributed by atoms with Gasteiger partial charge in [0.25, 0.3) is 0 Å². The second kappa shape index (κ2) is 8.06. The van der Waals surface area contributed by atoms with Crippen molar-refractivity contribution in [2.75, 3.05) is 13.2 Å². The minimum atomic E-state index is -0.0615. The van der Waals surface area contributed by atoms with Crippen LogP contribution in [0.4, 0.5) is 0 Å². The number of nitrogens with one attached hydrogen (secondary N) is 1. The number of hydrogen-bond acceptors (Lipinski definition) is 3. The maximum Gasteiger partial charge on any atom is 0.323 e. The van der Waals surface area contributed by atoms with E-state index in [0.717, 1.165) is 32.2 Å². The number of rotatable bonds is 5. The van der Waals surface area contributed by atoms with Gasteiger partial charge in [-0.25, -0.2) is 0 Å². The summed E-state index contributed by atoms with van der Waals surface area (Å²) in [6.45, 7) is 3.68. The summed E-state index contributed by atoms with van der Waals surface area (Å²) in [5, 5.41) is 3.12. The van der Waals surface area contributed by atoms with E-state index in [1.54, 1.807) is 0 Å². The number of halogens is 1. The van der Waals surface area contributed by atoms with Gasteiger partial charge in [-0.2, -0.15) is 0 Å². The van der Waals surface area contributed by atoms with Crippen molar-refractivity contribution < 1.29 is 9.53 Å². The van der Waals surface area contributed by atoms with E-state index >= 15 is 0 Å². The Hall–Kier alpha value is -0.280. The normalized spacial score (nSPS) is 20.2. The molecule has 14 heavy (non-hydrogen) atoms. The Balaban J connectivity index is 0.00000169. The molecule has 0 amide bonds. The maximum atomic E-state index is 11.3. The molecular weight excluding hydrogens is 202 g/mol. The van der Waals surface area contributed by atoms with Gasteiger partial charge in [-0.3, -0.25) is 4.79 Å². The lowest BCUT2D eigenvalue weighted by molar-refractivity contribution is -0.145. The van der Waals surface area contributed by atoms with E-state index in [4.69, 9.17) is 4.74 Å². The molecule has 0 aliphatic carbocycles. The maximum absolute atomic E-state index is 11.3. The van der Waals surface area contributed by atoms with Gasteiger partial charge < -0.3 is 10.1 Å². The van der Waals surface area contributed by atoms with Gasteiger partial charge in [0.15, 0.2) is 0 Å². The molecule has 1 saturated heterocycles. The lowest BCUT2D eigenvalue weighted by atomic mass is 10.2. The van der Waals surface area contributed by atoms with Crippen molar-refractivity contribution in [1.82, 2.24) is 5.32 Å². The summed E-state index contributed by atoms with van der Waals surface area (Å²) in [5.41, 5.74) is 0. The van der Waals surface area contributed by atoms with E-state index < -0.39 is 0 Å². The highest BCUT2D eigenvalue weighted by Crippen LogP contribution is 2.06. The average molecular weight is 222 g/mol. The van der Waals surface area contributed by atoms with Crippen molar-refractivity contribution in [3.05, 3.63) is 0 Å². The minimum absolute atomic E-state index is 0. The summed E-state index contributed by atoms with van der Waals surface area (Å²) in [4.78, 5) is 11.3. The lowest BCUT2D eigenvalue weighted by Crippen LogP contribution is -2.32. The molecule has 0 radical (unpaired) electrons. The van der Waals surface area contributed by atoms with Crippen molar-refractivity contribution in [3.63, 3.8) is 0 Å². The van der Waals surface area contributed by atoms with Crippen LogP contribution in [0, 0.1) is 0 Å². The van der Waals surface area contributed by atoms with Gasteiger partial charge in [-0.05, 0) is 25.8 Å². The number of carbonyl (C=O) groups excluding carboxylic acids is 1. The van der Waals surface area contributed by atoms with E-state index in [1.807, 2.05) is 0 Å². The molecular formula is C10H20ClNO2. The van der Waals surface area contributed by atoms with E-state index in [-0.39, 0.29) is 24.4 Å². The highest BCUT2D eigenvalue weighted by molar-refractivity contribution is 5.85. The minimum Gasteiger partial charge on any atom is -0.465 e. The Bertz CT molecular complexity index is 158. The van der Waals surface area contributed by atoms with Crippen LogP contribution in [-0.2, 0) is 9.53 Å². The zero-order valence-electron chi connectivity index (χ0n) is 8.75. The molecule has 0 aromatic rings. The molecule has 1 heterocycles. The molecule has 0 aromatic heterocycles. The zero-order chi connectivity index (χ0) is 9.52. The van der Waals surface area contributed by atoms with Crippen LogP contribution in [0.25, 0.3) is 0 Å². The smallest absolute Gasteiger partial charge is 0.323 e. The van der Waals surface area contributed by atoms with Crippen molar-refractivity contribution in [1.29, 1.82) is 0 Å². The van der Waals surface area contributed by atoms with Gasteiger partial charge in [0.1, 0.15) is 6.04 Å². The van der Waals surface area contributed by atoms with Crippen molar-refractivity contribution in [2.45, 2.75) is 45.1 Å². The number of hydrogen-bond donors (Lipinski definition) is 1. The number of esters is 1. The van der Waals surface area contributed by atoms with Crippen LogP contribution in [0.2, 0.25) is 0 Å². The predicted octanol–water partition coefficient (Wildman–Crippen LogP) is 1.89. The lowest BCUT2D eigenvalue weighted by Gasteiger charge is -2.09. The van der Waals surface area contributed by atoms with Gasteiger partial charge in [-0.1, -0.05) is 19.8 Å². The summed E-state index contributed by atoms with van der Waals surface area (Å²) in [7, 11) is 0. The van der Waals surface area contributed by atoms with Crippen molar-refractivity contribution >= 4 is 18.4 Å². The number of carbonyl (C=O) groups is 1.